The van der Waals surface area contributed by atoms with E-state index in [4.69, 9.17) is 11.6 Å². The highest BCUT2D eigenvalue weighted by molar-refractivity contribution is 6.34. The summed E-state index contributed by atoms with van der Waals surface area (Å²) in [5.41, 5.74) is 5.04. The molecule has 162 valence electrons. The predicted molar refractivity (Wildman–Crippen MR) is 128 cm³/mol. The minimum atomic E-state index is -0.380. The number of anilines is 2. The highest BCUT2D eigenvalue weighted by atomic mass is 35.5. The van der Waals surface area contributed by atoms with Gasteiger partial charge in [0, 0.05) is 53.9 Å². The lowest BCUT2D eigenvalue weighted by Gasteiger charge is -2.13. The minimum absolute atomic E-state index is 0.184. The number of fused-ring (bicyclic) bond motifs is 1. The van der Waals surface area contributed by atoms with E-state index in [9.17, 15) is 4.79 Å². The first-order valence-corrected chi connectivity index (χ1v) is 10.6. The third-order valence-electron chi connectivity index (χ3n) is 5.23. The summed E-state index contributed by atoms with van der Waals surface area (Å²) in [5.74, 6) is 0.562. The van der Waals surface area contributed by atoms with Gasteiger partial charge in [-0.2, -0.15) is 0 Å². The predicted octanol–water partition coefficient (Wildman–Crippen LogP) is 5.47. The Labute approximate surface area is 191 Å². The van der Waals surface area contributed by atoms with Gasteiger partial charge in [0.2, 0.25) is 0 Å². The summed E-state index contributed by atoms with van der Waals surface area (Å²) >= 11 is 6.44. The van der Waals surface area contributed by atoms with Gasteiger partial charge in [-0.15, -0.1) is 0 Å². The van der Waals surface area contributed by atoms with Crippen molar-refractivity contribution in [2.24, 2.45) is 0 Å². The second-order valence-corrected chi connectivity index (χ2v) is 8.14. The van der Waals surface area contributed by atoms with Crippen LogP contribution in [-0.4, -0.2) is 32.9 Å². The number of nitrogens with zero attached hydrogens (tertiary/aromatic N) is 4. The van der Waals surface area contributed by atoms with E-state index in [0.717, 1.165) is 39.1 Å². The topological polar surface area (TPSA) is 92.7 Å². The Balaban J connectivity index is 1.66. The summed E-state index contributed by atoms with van der Waals surface area (Å²) in [5, 5.41) is 7.16. The number of amides is 1. The van der Waals surface area contributed by atoms with E-state index >= 15 is 0 Å². The number of carbonyl (C=O) groups excluding carboxylic acids is 1. The Hall–Kier alpha value is -3.58. The Morgan fingerprint density at radius 3 is 2.59 bits per heavy atom. The van der Waals surface area contributed by atoms with E-state index in [0.29, 0.717) is 10.7 Å². The van der Waals surface area contributed by atoms with Gasteiger partial charge in [-0.05, 0) is 36.6 Å². The maximum absolute atomic E-state index is 12.9. The molecular formula is C24H23ClN6O. The largest absolute Gasteiger partial charge is 0.373 e. The van der Waals surface area contributed by atoms with E-state index in [-0.39, 0.29) is 17.5 Å². The van der Waals surface area contributed by atoms with Crippen LogP contribution in [0.2, 0.25) is 5.02 Å². The normalized spacial score (nSPS) is 11.1. The summed E-state index contributed by atoms with van der Waals surface area (Å²) in [4.78, 5) is 30.4. The molecule has 8 heteroatoms. The van der Waals surface area contributed by atoms with Crippen molar-refractivity contribution in [1.29, 1.82) is 0 Å². The van der Waals surface area contributed by atoms with E-state index in [1.54, 1.807) is 24.8 Å². The van der Waals surface area contributed by atoms with Gasteiger partial charge in [-0.25, -0.2) is 9.97 Å². The number of pyridine rings is 4. The quantitative estimate of drug-likeness (QED) is 0.422. The van der Waals surface area contributed by atoms with Gasteiger partial charge >= 0.3 is 0 Å². The summed E-state index contributed by atoms with van der Waals surface area (Å²) in [6.07, 6.45) is 6.79. The fraction of sp³-hybridized carbons (Fsp3) is 0.208. The number of hydrogen-bond donors (Lipinski definition) is 2. The SMILES string of the molecule is CNc1cc2ncc(-c3cc(NC(=O)c4nccc(C(C)C)c4Cl)cnc3C)cc2cn1. The number of carbonyl (C=O) groups is 1. The molecule has 4 heterocycles. The molecule has 0 unspecified atom stereocenters. The summed E-state index contributed by atoms with van der Waals surface area (Å²) in [6.45, 7) is 5.95. The van der Waals surface area contributed by atoms with E-state index in [1.165, 1.54) is 0 Å². The maximum atomic E-state index is 12.9. The molecule has 0 aliphatic rings. The van der Waals surface area contributed by atoms with Crippen molar-refractivity contribution in [3.8, 4) is 11.1 Å². The van der Waals surface area contributed by atoms with Crippen LogP contribution in [0.15, 0.2) is 49.1 Å². The zero-order valence-electron chi connectivity index (χ0n) is 18.3. The Bertz CT molecular complexity index is 1320. The van der Waals surface area contributed by atoms with Crippen LogP contribution in [-0.2, 0) is 0 Å². The molecule has 0 aliphatic carbocycles. The van der Waals surface area contributed by atoms with Gasteiger partial charge in [-0.1, -0.05) is 25.4 Å². The third-order valence-corrected chi connectivity index (χ3v) is 5.63. The van der Waals surface area contributed by atoms with Crippen LogP contribution < -0.4 is 10.6 Å². The van der Waals surface area contributed by atoms with Crippen molar-refractivity contribution >= 4 is 39.9 Å². The highest BCUT2D eigenvalue weighted by Gasteiger charge is 2.17. The second-order valence-electron chi connectivity index (χ2n) is 7.76. The van der Waals surface area contributed by atoms with Crippen molar-refractivity contribution in [2.75, 3.05) is 17.7 Å². The van der Waals surface area contributed by atoms with E-state index in [2.05, 4.69) is 30.6 Å². The van der Waals surface area contributed by atoms with Crippen LogP contribution >= 0.6 is 11.6 Å². The van der Waals surface area contributed by atoms with Crippen molar-refractivity contribution in [3.63, 3.8) is 0 Å². The first kappa shape index (κ1) is 21.6. The fourth-order valence-electron chi connectivity index (χ4n) is 3.45. The van der Waals surface area contributed by atoms with Crippen molar-refractivity contribution in [1.82, 2.24) is 19.9 Å². The summed E-state index contributed by atoms with van der Waals surface area (Å²) in [6, 6.07) is 7.60. The summed E-state index contributed by atoms with van der Waals surface area (Å²) in [7, 11) is 1.82. The molecule has 0 saturated carbocycles. The zero-order valence-corrected chi connectivity index (χ0v) is 19.0. The Morgan fingerprint density at radius 2 is 1.84 bits per heavy atom. The standard InChI is InChI=1S/C24H23ClN6O/c1-13(2)18-5-6-27-23(22(18)25)24(32)31-17-8-19(14(3)28-12-17)15-7-16-11-30-21(26-4)9-20(16)29-10-15/h5-13H,1-4H3,(H,26,30)(H,31,32). The lowest BCUT2D eigenvalue weighted by atomic mass is 10.0. The molecule has 0 atom stereocenters. The van der Waals surface area contributed by atoms with Gasteiger partial charge in [0.15, 0.2) is 0 Å². The fourth-order valence-corrected chi connectivity index (χ4v) is 3.87. The zero-order chi connectivity index (χ0) is 22.8. The average molecular weight is 447 g/mol. The van der Waals surface area contributed by atoms with Crippen LogP contribution in [0.25, 0.3) is 22.0 Å². The third kappa shape index (κ3) is 4.24. The summed E-state index contributed by atoms with van der Waals surface area (Å²) < 4.78 is 0. The molecule has 7 nitrogen and oxygen atoms in total. The van der Waals surface area contributed by atoms with E-state index in [1.807, 2.05) is 52.1 Å². The number of nitrogens with one attached hydrogen (secondary N) is 2. The monoisotopic (exact) mass is 446 g/mol. The molecule has 0 aromatic carbocycles. The molecule has 0 radical (unpaired) electrons. The lowest BCUT2D eigenvalue weighted by molar-refractivity contribution is 0.102. The number of halogens is 1. The van der Waals surface area contributed by atoms with Gasteiger partial charge in [0.25, 0.3) is 5.91 Å². The van der Waals surface area contributed by atoms with E-state index < -0.39 is 0 Å². The number of aromatic nitrogens is 4. The molecule has 4 aromatic rings. The van der Waals surface area contributed by atoms with Crippen molar-refractivity contribution in [2.45, 2.75) is 26.7 Å². The van der Waals surface area contributed by atoms with Crippen LogP contribution in [0, 0.1) is 6.92 Å². The molecule has 32 heavy (non-hydrogen) atoms. The number of aryl methyl sites for hydroxylation is 1. The highest BCUT2D eigenvalue weighted by Crippen LogP contribution is 2.29. The van der Waals surface area contributed by atoms with Crippen LogP contribution in [0.5, 0.6) is 0 Å². The molecule has 0 spiro atoms. The van der Waals surface area contributed by atoms with Gasteiger partial charge in [0.1, 0.15) is 11.5 Å². The molecule has 4 rings (SSSR count). The molecule has 4 aromatic heterocycles. The molecular weight excluding hydrogens is 424 g/mol. The molecule has 0 aliphatic heterocycles. The van der Waals surface area contributed by atoms with Crippen molar-refractivity contribution < 1.29 is 4.79 Å². The molecule has 0 saturated heterocycles. The van der Waals surface area contributed by atoms with Crippen LogP contribution in [0.4, 0.5) is 11.5 Å². The Morgan fingerprint density at radius 1 is 1.03 bits per heavy atom. The second kappa shape index (κ2) is 8.88. The van der Waals surface area contributed by atoms with Gasteiger partial charge < -0.3 is 10.6 Å². The first-order valence-electron chi connectivity index (χ1n) is 10.2. The molecule has 0 bridgehead atoms. The average Bonchev–Trinajstić information content (AvgIpc) is 2.79. The number of rotatable bonds is 5. The maximum Gasteiger partial charge on any atom is 0.275 e. The molecule has 2 N–H and O–H groups in total. The molecule has 1 amide bonds. The van der Waals surface area contributed by atoms with Crippen molar-refractivity contribution in [3.05, 3.63) is 71.0 Å². The lowest BCUT2D eigenvalue weighted by Crippen LogP contribution is -2.15. The van der Waals surface area contributed by atoms with Crippen LogP contribution in [0.3, 0.4) is 0 Å². The minimum Gasteiger partial charge on any atom is -0.373 e. The van der Waals surface area contributed by atoms with Gasteiger partial charge in [-0.3, -0.25) is 14.8 Å². The molecule has 0 fully saturated rings. The number of hydrogen-bond acceptors (Lipinski definition) is 6. The van der Waals surface area contributed by atoms with Gasteiger partial charge in [0.05, 0.1) is 22.4 Å². The Kier molecular flexibility index (Phi) is 6.01. The first-order chi connectivity index (χ1) is 15.4. The van der Waals surface area contributed by atoms with Crippen LogP contribution in [0.1, 0.15) is 41.5 Å². The smallest absolute Gasteiger partial charge is 0.275 e.